The lowest BCUT2D eigenvalue weighted by Gasteiger charge is -2.35. The van der Waals surface area contributed by atoms with Gasteiger partial charge in [0.05, 0.1) is 6.26 Å². The molecule has 1 saturated heterocycles. The number of amides is 2. The highest BCUT2D eigenvalue weighted by Crippen LogP contribution is 2.21. The van der Waals surface area contributed by atoms with Crippen molar-refractivity contribution in [3.8, 4) is 0 Å². The summed E-state index contributed by atoms with van der Waals surface area (Å²) in [5.41, 5.74) is 2.03. The fraction of sp³-hybridized carbons (Fsp3) is 0.368. The third-order valence-corrected chi connectivity index (χ3v) is 5.41. The summed E-state index contributed by atoms with van der Waals surface area (Å²) in [6.45, 7) is 5.94. The number of hydrogen-bond donors (Lipinski definition) is 1. The maximum atomic E-state index is 12.7. The highest BCUT2D eigenvalue weighted by Gasteiger charge is 2.28. The number of carbonyl (C=O) groups excluding carboxylic acids is 2. The first-order valence-corrected chi connectivity index (χ1v) is 9.39. The number of carbonyl (C=O) groups is 2. The highest BCUT2D eigenvalue weighted by atomic mass is 79.9. The average Bonchev–Trinajstić information content (AvgIpc) is 3.18. The monoisotopic (exact) mass is 419 g/mol. The number of benzene rings is 1. The molecule has 1 unspecified atom stereocenters. The summed E-state index contributed by atoms with van der Waals surface area (Å²) in [4.78, 5) is 28.5. The van der Waals surface area contributed by atoms with Crippen LogP contribution in [0.1, 0.15) is 23.0 Å². The Morgan fingerprint density at radius 1 is 1.15 bits per heavy atom. The molecule has 3 rings (SSSR count). The first kappa shape index (κ1) is 18.5. The van der Waals surface area contributed by atoms with E-state index in [0.717, 1.165) is 15.7 Å². The van der Waals surface area contributed by atoms with E-state index in [-0.39, 0.29) is 17.9 Å². The van der Waals surface area contributed by atoms with Gasteiger partial charge in [0.15, 0.2) is 5.76 Å². The Hall–Kier alpha value is -2.28. The number of nitrogens with one attached hydrogen (secondary N) is 1. The second-order valence-corrected chi connectivity index (χ2v) is 7.28. The number of halogens is 1. The van der Waals surface area contributed by atoms with Gasteiger partial charge in [-0.2, -0.15) is 0 Å². The van der Waals surface area contributed by atoms with Crippen molar-refractivity contribution in [3.63, 3.8) is 0 Å². The third-order valence-electron chi connectivity index (χ3n) is 4.52. The van der Waals surface area contributed by atoms with E-state index in [9.17, 15) is 9.59 Å². The molecule has 1 aliphatic rings. The Balaban J connectivity index is 1.54. The predicted octanol–water partition coefficient (Wildman–Crippen LogP) is 3.14. The third kappa shape index (κ3) is 4.09. The molecular formula is C19H22BrN3O3. The molecule has 138 valence electrons. The van der Waals surface area contributed by atoms with Crippen LogP contribution in [0.15, 0.2) is 45.5 Å². The summed E-state index contributed by atoms with van der Waals surface area (Å²) in [5.74, 6) is 0.250. The lowest BCUT2D eigenvalue weighted by Crippen LogP contribution is -2.53. The van der Waals surface area contributed by atoms with Crippen molar-refractivity contribution >= 4 is 33.4 Å². The summed E-state index contributed by atoms with van der Waals surface area (Å²) < 4.78 is 6.20. The van der Waals surface area contributed by atoms with E-state index in [2.05, 4.69) is 21.2 Å². The predicted molar refractivity (Wildman–Crippen MR) is 103 cm³/mol. The van der Waals surface area contributed by atoms with Gasteiger partial charge in [-0.25, -0.2) is 0 Å². The molecule has 6 nitrogen and oxygen atoms in total. The van der Waals surface area contributed by atoms with Gasteiger partial charge in [0.2, 0.25) is 5.91 Å². The first-order valence-electron chi connectivity index (χ1n) is 8.60. The van der Waals surface area contributed by atoms with Crippen LogP contribution in [-0.2, 0) is 4.79 Å². The molecule has 1 N–H and O–H groups in total. The molecule has 0 aliphatic carbocycles. The minimum absolute atomic E-state index is 0.0377. The largest absolute Gasteiger partial charge is 0.459 e. The van der Waals surface area contributed by atoms with E-state index in [1.54, 1.807) is 21.9 Å². The zero-order chi connectivity index (χ0) is 18.7. The Morgan fingerprint density at radius 2 is 1.85 bits per heavy atom. The van der Waals surface area contributed by atoms with Crippen molar-refractivity contribution in [1.82, 2.24) is 9.80 Å². The fourth-order valence-corrected chi connectivity index (χ4v) is 3.25. The topological polar surface area (TPSA) is 65.8 Å². The normalized spacial score (nSPS) is 15.7. The van der Waals surface area contributed by atoms with Crippen LogP contribution in [0.2, 0.25) is 0 Å². The van der Waals surface area contributed by atoms with Crippen LogP contribution in [0.5, 0.6) is 0 Å². The lowest BCUT2D eigenvalue weighted by molar-refractivity contribution is -0.133. The molecule has 1 atom stereocenters. The Morgan fingerprint density at radius 3 is 2.46 bits per heavy atom. The zero-order valence-electron chi connectivity index (χ0n) is 14.9. The van der Waals surface area contributed by atoms with Gasteiger partial charge in [0.1, 0.15) is 6.04 Å². The van der Waals surface area contributed by atoms with Crippen LogP contribution in [-0.4, -0.2) is 53.8 Å². The van der Waals surface area contributed by atoms with Crippen LogP contribution in [0, 0.1) is 6.92 Å². The molecule has 2 heterocycles. The quantitative estimate of drug-likeness (QED) is 0.826. The zero-order valence-corrected chi connectivity index (χ0v) is 16.5. The number of nitrogens with zero attached hydrogens (tertiary/aromatic N) is 2. The molecule has 0 radical (unpaired) electrons. The van der Waals surface area contributed by atoms with Crippen molar-refractivity contribution in [2.75, 3.05) is 31.5 Å². The van der Waals surface area contributed by atoms with Crippen LogP contribution >= 0.6 is 15.9 Å². The lowest BCUT2D eigenvalue weighted by atomic mass is 10.2. The van der Waals surface area contributed by atoms with Crippen LogP contribution in [0.4, 0.5) is 5.69 Å². The number of anilines is 1. The number of hydrogen-bond acceptors (Lipinski definition) is 4. The fourth-order valence-electron chi connectivity index (χ4n) is 3.01. The van der Waals surface area contributed by atoms with E-state index in [1.807, 2.05) is 32.0 Å². The summed E-state index contributed by atoms with van der Waals surface area (Å²) in [6, 6.07) is 8.95. The summed E-state index contributed by atoms with van der Waals surface area (Å²) in [6.07, 6.45) is 1.49. The van der Waals surface area contributed by atoms with Gasteiger partial charge in [-0.05, 0) is 49.7 Å². The highest BCUT2D eigenvalue weighted by molar-refractivity contribution is 9.10. The Kier molecular flexibility index (Phi) is 5.66. The van der Waals surface area contributed by atoms with Crippen molar-refractivity contribution in [3.05, 3.63) is 52.4 Å². The number of piperazine rings is 1. The van der Waals surface area contributed by atoms with Crippen LogP contribution in [0.3, 0.4) is 0 Å². The van der Waals surface area contributed by atoms with Gasteiger partial charge in [0, 0.05) is 36.3 Å². The van der Waals surface area contributed by atoms with Gasteiger partial charge in [0.25, 0.3) is 5.91 Å². The van der Waals surface area contributed by atoms with E-state index in [1.165, 1.54) is 6.26 Å². The summed E-state index contributed by atoms with van der Waals surface area (Å²) >= 11 is 3.48. The minimum atomic E-state index is -0.331. The minimum Gasteiger partial charge on any atom is -0.459 e. The maximum Gasteiger partial charge on any atom is 0.289 e. The summed E-state index contributed by atoms with van der Waals surface area (Å²) in [7, 11) is 0. The van der Waals surface area contributed by atoms with Gasteiger partial charge < -0.3 is 19.5 Å². The molecule has 0 bridgehead atoms. The maximum absolute atomic E-state index is 12.7. The SMILES string of the molecule is Cc1cc(NC(C)C(=O)N2CCN(C(=O)c3ccco3)CC2)ccc1Br. The van der Waals surface area contributed by atoms with Crippen molar-refractivity contribution < 1.29 is 14.0 Å². The van der Waals surface area contributed by atoms with Gasteiger partial charge >= 0.3 is 0 Å². The smallest absolute Gasteiger partial charge is 0.289 e. The Bertz CT molecular complexity index is 783. The molecule has 2 amide bonds. The van der Waals surface area contributed by atoms with Gasteiger partial charge in [-0.15, -0.1) is 0 Å². The molecule has 2 aromatic rings. The number of furan rings is 1. The standard InChI is InChI=1S/C19H22BrN3O3/c1-13-12-15(5-6-16(13)20)21-14(2)18(24)22-7-9-23(10-8-22)19(25)17-4-3-11-26-17/h3-6,11-12,14,21H,7-10H2,1-2H3. The molecule has 1 fully saturated rings. The first-order chi connectivity index (χ1) is 12.5. The van der Waals surface area contributed by atoms with Crippen molar-refractivity contribution in [1.29, 1.82) is 0 Å². The second-order valence-electron chi connectivity index (χ2n) is 6.42. The number of rotatable bonds is 4. The molecule has 26 heavy (non-hydrogen) atoms. The average molecular weight is 420 g/mol. The van der Waals surface area contributed by atoms with Crippen LogP contribution < -0.4 is 5.32 Å². The van der Waals surface area contributed by atoms with Crippen LogP contribution in [0.25, 0.3) is 0 Å². The number of aryl methyl sites for hydroxylation is 1. The molecule has 1 aromatic carbocycles. The molecular weight excluding hydrogens is 398 g/mol. The van der Waals surface area contributed by atoms with Gasteiger partial charge in [-0.1, -0.05) is 15.9 Å². The summed E-state index contributed by atoms with van der Waals surface area (Å²) in [5, 5.41) is 3.26. The van der Waals surface area contributed by atoms with E-state index in [4.69, 9.17) is 4.42 Å². The van der Waals surface area contributed by atoms with Gasteiger partial charge in [-0.3, -0.25) is 9.59 Å². The molecule has 1 aliphatic heterocycles. The molecule has 0 saturated carbocycles. The van der Waals surface area contributed by atoms with E-state index in [0.29, 0.717) is 31.9 Å². The molecule has 0 spiro atoms. The van der Waals surface area contributed by atoms with E-state index < -0.39 is 0 Å². The molecule has 7 heteroatoms. The van der Waals surface area contributed by atoms with Crippen molar-refractivity contribution in [2.24, 2.45) is 0 Å². The second kappa shape index (κ2) is 7.95. The molecule has 1 aromatic heterocycles. The van der Waals surface area contributed by atoms with E-state index >= 15 is 0 Å². The Labute approximate surface area is 161 Å². The van der Waals surface area contributed by atoms with Crippen molar-refractivity contribution in [2.45, 2.75) is 19.9 Å².